The molecular weight excluding hydrogens is 517 g/mol. The first-order valence-corrected chi connectivity index (χ1v) is 14.7. The van der Waals surface area contributed by atoms with E-state index in [0.29, 0.717) is 12.0 Å². The van der Waals surface area contributed by atoms with Gasteiger partial charge in [0.25, 0.3) is 5.91 Å². The summed E-state index contributed by atoms with van der Waals surface area (Å²) in [4.78, 5) is 50.1. The molecule has 2 aliphatic rings. The average molecular weight is 558 g/mol. The number of nitrogens with one attached hydrogen (secondary N) is 1. The van der Waals surface area contributed by atoms with Crippen LogP contribution >= 0.6 is 11.3 Å². The number of hydrogen-bond acceptors (Lipinski definition) is 7. The molecule has 0 saturated carbocycles. The van der Waals surface area contributed by atoms with Crippen LogP contribution in [0, 0.1) is 11.8 Å². The van der Waals surface area contributed by atoms with Gasteiger partial charge in [0.05, 0.1) is 18.3 Å². The van der Waals surface area contributed by atoms with E-state index >= 15 is 0 Å². The maximum Gasteiger partial charge on any atom is 0.251 e. The number of carbonyl (C=O) groups is 3. The standard InChI is InChI=1S/C29H40FN5O3S/c1-6-25(36)26-19(4)22(30)16-35(26)28(38)23(15-18(2)3)31-27(37)21-9-7-20(8-10-21)24-17-39-29(32-24)34-13-11-33(5)12-14-34/h7-10,17-19,22-23,26H,6,11-16H2,1-5H3,(H,31,37)/t19-,22+,23?,26+/m1/s1. The molecule has 4 rings (SSSR count). The Balaban J connectivity index is 1.45. The van der Waals surface area contributed by atoms with Crippen molar-refractivity contribution in [2.75, 3.05) is 44.7 Å². The number of likely N-dealkylation sites (tertiary alicyclic amines) is 1. The van der Waals surface area contributed by atoms with E-state index in [1.807, 2.05) is 31.4 Å². The van der Waals surface area contributed by atoms with Crippen molar-refractivity contribution in [3.63, 3.8) is 0 Å². The van der Waals surface area contributed by atoms with E-state index in [4.69, 9.17) is 4.98 Å². The fourth-order valence-corrected chi connectivity index (χ4v) is 6.21. The van der Waals surface area contributed by atoms with Crippen molar-refractivity contribution in [3.05, 3.63) is 35.2 Å². The van der Waals surface area contributed by atoms with Gasteiger partial charge in [0.15, 0.2) is 10.9 Å². The number of ketones is 1. The molecule has 39 heavy (non-hydrogen) atoms. The number of aromatic nitrogens is 1. The summed E-state index contributed by atoms with van der Waals surface area (Å²) in [5.41, 5.74) is 2.21. The highest BCUT2D eigenvalue weighted by atomic mass is 32.1. The molecule has 1 N–H and O–H groups in total. The largest absolute Gasteiger partial charge is 0.346 e. The number of hydrogen-bond donors (Lipinski definition) is 1. The van der Waals surface area contributed by atoms with Crippen LogP contribution in [-0.2, 0) is 9.59 Å². The van der Waals surface area contributed by atoms with Crippen molar-refractivity contribution in [1.82, 2.24) is 20.1 Å². The third kappa shape index (κ3) is 6.66. The van der Waals surface area contributed by atoms with Gasteiger partial charge in [0.1, 0.15) is 12.2 Å². The molecule has 0 aliphatic carbocycles. The van der Waals surface area contributed by atoms with Crippen LogP contribution in [0.15, 0.2) is 29.6 Å². The van der Waals surface area contributed by atoms with E-state index in [1.165, 1.54) is 4.90 Å². The predicted molar refractivity (Wildman–Crippen MR) is 153 cm³/mol. The monoisotopic (exact) mass is 557 g/mol. The summed E-state index contributed by atoms with van der Waals surface area (Å²) in [6, 6.07) is 5.56. The number of carbonyl (C=O) groups excluding carboxylic acids is 3. The second-order valence-corrected chi connectivity index (χ2v) is 12.0. The zero-order valence-electron chi connectivity index (χ0n) is 23.5. The fourth-order valence-electron chi connectivity index (χ4n) is 5.32. The SMILES string of the molecule is CCC(=O)[C@@H]1[C@H](C)[C@@H](F)CN1C(=O)C(CC(C)C)NC(=O)c1ccc(-c2csc(N3CCN(C)CC3)n2)cc1. The summed E-state index contributed by atoms with van der Waals surface area (Å²) >= 11 is 1.62. The van der Waals surface area contributed by atoms with Gasteiger partial charge < -0.3 is 20.0 Å². The number of halogens is 1. The Morgan fingerprint density at radius 3 is 2.41 bits per heavy atom. The van der Waals surface area contributed by atoms with E-state index in [2.05, 4.69) is 22.2 Å². The third-order valence-electron chi connectivity index (χ3n) is 7.76. The quantitative estimate of drug-likeness (QED) is 0.504. The van der Waals surface area contributed by atoms with Gasteiger partial charge in [-0.05, 0) is 31.5 Å². The highest BCUT2D eigenvalue weighted by molar-refractivity contribution is 7.14. The van der Waals surface area contributed by atoms with Crippen LogP contribution in [0.4, 0.5) is 9.52 Å². The Hall–Kier alpha value is -2.85. The van der Waals surface area contributed by atoms with E-state index in [1.54, 1.807) is 37.3 Å². The molecule has 10 heteroatoms. The Bertz CT molecular complexity index is 1160. The number of nitrogens with zero attached hydrogens (tertiary/aromatic N) is 4. The number of thiazole rings is 1. The third-order valence-corrected chi connectivity index (χ3v) is 8.66. The van der Waals surface area contributed by atoms with Crippen molar-refractivity contribution in [2.24, 2.45) is 11.8 Å². The molecule has 1 aromatic carbocycles. The first-order chi connectivity index (χ1) is 18.6. The molecule has 0 spiro atoms. The molecule has 1 unspecified atom stereocenters. The van der Waals surface area contributed by atoms with Gasteiger partial charge in [0, 0.05) is 55.0 Å². The molecule has 4 atom stereocenters. The van der Waals surface area contributed by atoms with E-state index < -0.39 is 30.1 Å². The Morgan fingerprint density at radius 2 is 1.79 bits per heavy atom. The predicted octanol–water partition coefficient (Wildman–Crippen LogP) is 3.87. The van der Waals surface area contributed by atoms with Gasteiger partial charge in [-0.2, -0.15) is 0 Å². The minimum atomic E-state index is -1.26. The summed E-state index contributed by atoms with van der Waals surface area (Å²) in [5, 5.41) is 5.90. The Labute approximate surface area is 234 Å². The maximum atomic E-state index is 14.6. The molecule has 2 fully saturated rings. The molecular formula is C29H40FN5O3S. The first-order valence-electron chi connectivity index (χ1n) is 13.9. The molecule has 2 aromatic rings. The average Bonchev–Trinajstić information content (AvgIpc) is 3.53. The zero-order valence-corrected chi connectivity index (χ0v) is 24.3. The van der Waals surface area contributed by atoms with E-state index in [9.17, 15) is 18.8 Å². The molecule has 3 heterocycles. The fraction of sp³-hybridized carbons (Fsp3) is 0.586. The second kappa shape index (κ2) is 12.6. The minimum absolute atomic E-state index is 0.113. The van der Waals surface area contributed by atoms with Crippen LogP contribution in [0.25, 0.3) is 11.3 Å². The van der Waals surface area contributed by atoms with Crippen molar-refractivity contribution in [3.8, 4) is 11.3 Å². The lowest BCUT2D eigenvalue weighted by molar-refractivity contribution is -0.140. The van der Waals surface area contributed by atoms with Crippen LogP contribution in [0.2, 0.25) is 0 Å². The number of piperazine rings is 1. The van der Waals surface area contributed by atoms with Crippen molar-refractivity contribution < 1.29 is 18.8 Å². The Kier molecular flexibility index (Phi) is 9.38. The topological polar surface area (TPSA) is 85.8 Å². The number of benzene rings is 1. The number of alkyl halides is 1. The molecule has 1 aromatic heterocycles. The lowest BCUT2D eigenvalue weighted by Gasteiger charge is -2.32. The number of anilines is 1. The minimum Gasteiger partial charge on any atom is -0.346 e. The molecule has 212 valence electrons. The molecule has 2 aliphatic heterocycles. The van der Waals surface area contributed by atoms with E-state index in [-0.39, 0.29) is 30.6 Å². The number of rotatable bonds is 9. The summed E-state index contributed by atoms with van der Waals surface area (Å²) in [5.74, 6) is -1.38. The Morgan fingerprint density at radius 1 is 1.13 bits per heavy atom. The second-order valence-electron chi connectivity index (χ2n) is 11.2. The van der Waals surface area contributed by atoms with Crippen LogP contribution in [0.5, 0.6) is 0 Å². The molecule has 2 saturated heterocycles. The summed E-state index contributed by atoms with van der Waals surface area (Å²) in [6.07, 6.45) is -0.639. The maximum absolute atomic E-state index is 14.6. The van der Waals surface area contributed by atoms with Crippen LogP contribution < -0.4 is 10.2 Å². The lowest BCUT2D eigenvalue weighted by atomic mass is 9.95. The molecule has 2 amide bonds. The van der Waals surface area contributed by atoms with Gasteiger partial charge in [-0.15, -0.1) is 11.3 Å². The zero-order chi connectivity index (χ0) is 28.3. The van der Waals surface area contributed by atoms with E-state index in [0.717, 1.165) is 42.6 Å². The normalized spacial score (nSPS) is 22.8. The van der Waals surface area contributed by atoms with Crippen molar-refractivity contribution in [2.45, 2.75) is 58.8 Å². The van der Waals surface area contributed by atoms with Gasteiger partial charge >= 0.3 is 0 Å². The first kappa shape index (κ1) is 29.1. The highest BCUT2D eigenvalue weighted by Crippen LogP contribution is 2.30. The van der Waals surface area contributed by atoms with Gasteiger partial charge in [0.2, 0.25) is 5.91 Å². The molecule has 8 nitrogen and oxygen atoms in total. The number of amides is 2. The number of likely N-dealkylation sites (N-methyl/N-ethyl adjacent to an activating group) is 1. The number of Topliss-reactive ketones (excluding diaryl/α,β-unsaturated/α-hetero) is 1. The van der Waals surface area contributed by atoms with Crippen molar-refractivity contribution >= 4 is 34.1 Å². The summed E-state index contributed by atoms with van der Waals surface area (Å²) < 4.78 is 14.6. The van der Waals surface area contributed by atoms with Crippen LogP contribution in [0.1, 0.15) is 50.9 Å². The van der Waals surface area contributed by atoms with Crippen LogP contribution in [0.3, 0.4) is 0 Å². The lowest BCUT2D eigenvalue weighted by Crippen LogP contribution is -2.52. The highest BCUT2D eigenvalue weighted by Gasteiger charge is 2.46. The van der Waals surface area contributed by atoms with Crippen molar-refractivity contribution in [1.29, 1.82) is 0 Å². The molecule has 0 radical (unpaired) electrons. The smallest absolute Gasteiger partial charge is 0.251 e. The van der Waals surface area contributed by atoms with Gasteiger partial charge in [-0.3, -0.25) is 14.4 Å². The molecule has 0 bridgehead atoms. The summed E-state index contributed by atoms with van der Waals surface area (Å²) in [7, 11) is 2.12. The van der Waals surface area contributed by atoms with Gasteiger partial charge in [-0.1, -0.05) is 39.8 Å². The van der Waals surface area contributed by atoms with Crippen LogP contribution in [-0.4, -0.2) is 90.4 Å². The summed E-state index contributed by atoms with van der Waals surface area (Å²) in [6.45, 7) is 11.1. The van der Waals surface area contributed by atoms with Gasteiger partial charge in [-0.25, -0.2) is 9.37 Å².